The molecule has 200 valence electrons. The Morgan fingerprint density at radius 1 is 1.14 bits per heavy atom. The van der Waals surface area contributed by atoms with Crippen molar-refractivity contribution in [1.29, 1.82) is 0 Å². The van der Waals surface area contributed by atoms with Crippen molar-refractivity contribution < 1.29 is 27.7 Å². The molecule has 2 aromatic carbocycles. The number of ether oxygens (including phenoxy) is 3. The molecule has 2 heterocycles. The van der Waals surface area contributed by atoms with E-state index in [4.69, 9.17) is 14.2 Å². The molecule has 0 bridgehead atoms. The SMILES string of the molecule is COc1ccc(CN(CCN2CCOCC2)S(=O)(=O)c2ccc(C)cc2)cc1OCc1nc(CO)cs1. The Kier molecular flexibility index (Phi) is 9.52. The van der Waals surface area contributed by atoms with E-state index >= 15 is 0 Å². The number of thiazole rings is 1. The lowest BCUT2D eigenvalue weighted by Gasteiger charge is -2.30. The van der Waals surface area contributed by atoms with Crippen molar-refractivity contribution in [3.8, 4) is 11.5 Å². The summed E-state index contributed by atoms with van der Waals surface area (Å²) < 4.78 is 45.7. The maximum absolute atomic E-state index is 13.7. The number of aromatic nitrogens is 1. The Morgan fingerprint density at radius 2 is 1.89 bits per heavy atom. The number of aryl methyl sites for hydroxylation is 1. The molecule has 0 unspecified atom stereocenters. The zero-order valence-electron chi connectivity index (χ0n) is 21.1. The molecule has 37 heavy (non-hydrogen) atoms. The van der Waals surface area contributed by atoms with E-state index in [0.29, 0.717) is 43.5 Å². The van der Waals surface area contributed by atoms with Crippen LogP contribution >= 0.6 is 11.3 Å². The van der Waals surface area contributed by atoms with Gasteiger partial charge in [-0.15, -0.1) is 11.3 Å². The summed E-state index contributed by atoms with van der Waals surface area (Å²) in [5.74, 6) is 1.05. The van der Waals surface area contributed by atoms with Crippen LogP contribution in [0.5, 0.6) is 11.5 Å². The second-order valence-corrected chi connectivity index (χ2v) is 11.7. The Bertz CT molecular complexity index is 1260. The minimum atomic E-state index is -3.73. The number of nitrogens with zero attached hydrogens (tertiary/aromatic N) is 3. The van der Waals surface area contributed by atoms with Gasteiger partial charge in [-0.2, -0.15) is 4.31 Å². The van der Waals surface area contributed by atoms with E-state index in [1.807, 2.05) is 31.2 Å². The van der Waals surface area contributed by atoms with E-state index in [0.717, 1.165) is 29.2 Å². The number of aliphatic hydroxyl groups is 1. The molecule has 9 nitrogen and oxygen atoms in total. The Labute approximate surface area is 222 Å². The number of morpholine rings is 1. The van der Waals surface area contributed by atoms with Crippen LogP contribution in [0, 0.1) is 6.92 Å². The van der Waals surface area contributed by atoms with E-state index in [1.165, 1.54) is 15.6 Å². The Morgan fingerprint density at radius 3 is 2.57 bits per heavy atom. The Balaban J connectivity index is 1.55. The smallest absolute Gasteiger partial charge is 0.243 e. The summed E-state index contributed by atoms with van der Waals surface area (Å²) >= 11 is 1.41. The number of methoxy groups -OCH3 is 1. The molecule has 0 aliphatic carbocycles. The van der Waals surface area contributed by atoms with E-state index < -0.39 is 10.0 Å². The van der Waals surface area contributed by atoms with Crippen molar-refractivity contribution in [3.05, 3.63) is 69.7 Å². The third kappa shape index (κ3) is 7.28. The number of hydrogen-bond donors (Lipinski definition) is 1. The second-order valence-electron chi connectivity index (χ2n) is 8.77. The van der Waals surface area contributed by atoms with Crippen molar-refractivity contribution in [2.45, 2.75) is 31.6 Å². The van der Waals surface area contributed by atoms with E-state index in [2.05, 4.69) is 9.88 Å². The van der Waals surface area contributed by atoms with Gasteiger partial charge in [-0.1, -0.05) is 23.8 Å². The molecular formula is C26H33N3O6S2. The van der Waals surface area contributed by atoms with Gasteiger partial charge in [0.05, 0.1) is 37.5 Å². The summed E-state index contributed by atoms with van der Waals surface area (Å²) in [5, 5.41) is 11.8. The van der Waals surface area contributed by atoms with Crippen LogP contribution in [0.3, 0.4) is 0 Å². The van der Waals surface area contributed by atoms with Crippen LogP contribution < -0.4 is 9.47 Å². The van der Waals surface area contributed by atoms with Gasteiger partial charge < -0.3 is 19.3 Å². The van der Waals surface area contributed by atoms with Crippen LogP contribution in [0.15, 0.2) is 52.7 Å². The Hall–Kier alpha value is -2.54. The maximum Gasteiger partial charge on any atom is 0.243 e. The summed E-state index contributed by atoms with van der Waals surface area (Å²) in [6.07, 6.45) is 0. The first-order valence-electron chi connectivity index (χ1n) is 12.1. The predicted octanol–water partition coefficient (Wildman–Crippen LogP) is 3.05. The lowest BCUT2D eigenvalue weighted by molar-refractivity contribution is 0.0361. The number of sulfonamides is 1. The third-order valence-electron chi connectivity index (χ3n) is 6.13. The number of rotatable bonds is 12. The van der Waals surface area contributed by atoms with Gasteiger partial charge in [-0.3, -0.25) is 4.90 Å². The van der Waals surface area contributed by atoms with Gasteiger partial charge in [-0.25, -0.2) is 13.4 Å². The van der Waals surface area contributed by atoms with E-state index in [1.54, 1.807) is 30.7 Å². The second kappa shape index (κ2) is 12.8. The summed E-state index contributed by atoms with van der Waals surface area (Å²) in [6.45, 7) is 6.06. The minimum Gasteiger partial charge on any atom is -0.493 e. The van der Waals surface area contributed by atoms with Gasteiger partial charge in [0, 0.05) is 38.1 Å². The average molecular weight is 548 g/mol. The highest BCUT2D eigenvalue weighted by molar-refractivity contribution is 7.89. The van der Waals surface area contributed by atoms with Gasteiger partial charge in [0.15, 0.2) is 11.5 Å². The molecule has 4 rings (SSSR count). The zero-order valence-corrected chi connectivity index (χ0v) is 22.8. The molecule has 1 saturated heterocycles. The van der Waals surface area contributed by atoms with Crippen LogP contribution in [0.4, 0.5) is 0 Å². The highest BCUT2D eigenvalue weighted by atomic mass is 32.2. The summed E-state index contributed by atoms with van der Waals surface area (Å²) in [7, 11) is -2.17. The summed E-state index contributed by atoms with van der Waals surface area (Å²) in [4.78, 5) is 6.80. The first-order chi connectivity index (χ1) is 17.9. The fourth-order valence-corrected chi connectivity index (χ4v) is 6.10. The molecule has 3 aromatic rings. The molecule has 1 aliphatic heterocycles. The van der Waals surface area contributed by atoms with Crippen LogP contribution in [-0.4, -0.2) is 74.2 Å². The van der Waals surface area contributed by atoms with Crippen LogP contribution in [0.2, 0.25) is 0 Å². The number of hydrogen-bond acceptors (Lipinski definition) is 9. The molecule has 0 spiro atoms. The zero-order chi connectivity index (χ0) is 26.3. The predicted molar refractivity (Wildman–Crippen MR) is 141 cm³/mol. The fourth-order valence-electron chi connectivity index (χ4n) is 3.98. The monoisotopic (exact) mass is 547 g/mol. The van der Waals surface area contributed by atoms with Gasteiger partial charge in [-0.05, 0) is 36.8 Å². The van der Waals surface area contributed by atoms with Crippen LogP contribution in [0.25, 0.3) is 0 Å². The van der Waals surface area contributed by atoms with Crippen molar-refractivity contribution in [3.63, 3.8) is 0 Å². The van der Waals surface area contributed by atoms with Gasteiger partial charge in [0.1, 0.15) is 11.6 Å². The molecular weight excluding hydrogens is 514 g/mol. The van der Waals surface area contributed by atoms with Crippen molar-refractivity contribution >= 4 is 21.4 Å². The van der Waals surface area contributed by atoms with E-state index in [9.17, 15) is 13.5 Å². The molecule has 0 saturated carbocycles. The standard InChI is InChI=1S/C26H33N3O6S2/c1-20-3-6-23(7-4-20)37(31,32)29(10-9-28-11-13-34-14-12-28)16-21-5-8-24(33-2)25(15-21)35-18-26-27-22(17-30)19-36-26/h3-8,15,19,30H,9-14,16-18H2,1-2H3. The van der Waals surface area contributed by atoms with Crippen molar-refractivity contribution in [2.75, 3.05) is 46.5 Å². The largest absolute Gasteiger partial charge is 0.493 e. The lowest BCUT2D eigenvalue weighted by Crippen LogP contribution is -2.42. The van der Waals surface area contributed by atoms with Gasteiger partial charge in [0.25, 0.3) is 0 Å². The van der Waals surface area contributed by atoms with Crippen LogP contribution in [0.1, 0.15) is 21.8 Å². The topological polar surface area (TPSA) is 101 Å². The molecule has 1 N–H and O–H groups in total. The molecule has 11 heteroatoms. The molecule has 0 atom stereocenters. The highest BCUT2D eigenvalue weighted by Crippen LogP contribution is 2.30. The summed E-state index contributed by atoms with van der Waals surface area (Å²) in [5.41, 5.74) is 2.38. The highest BCUT2D eigenvalue weighted by Gasteiger charge is 2.26. The molecule has 1 aliphatic rings. The first kappa shape index (κ1) is 27.5. The van der Waals surface area contributed by atoms with E-state index in [-0.39, 0.29) is 24.7 Å². The first-order valence-corrected chi connectivity index (χ1v) is 14.4. The van der Waals surface area contributed by atoms with Crippen molar-refractivity contribution in [1.82, 2.24) is 14.2 Å². The van der Waals surface area contributed by atoms with Crippen LogP contribution in [-0.2, 0) is 34.5 Å². The fraction of sp³-hybridized carbons (Fsp3) is 0.423. The normalized spacial score (nSPS) is 14.7. The number of benzene rings is 2. The minimum absolute atomic E-state index is 0.120. The maximum atomic E-state index is 13.7. The van der Waals surface area contributed by atoms with Crippen molar-refractivity contribution in [2.24, 2.45) is 0 Å². The number of aliphatic hydroxyl groups excluding tert-OH is 1. The van der Waals surface area contributed by atoms with Gasteiger partial charge >= 0.3 is 0 Å². The lowest BCUT2D eigenvalue weighted by atomic mass is 10.2. The average Bonchev–Trinajstić information content (AvgIpc) is 3.39. The molecule has 1 aromatic heterocycles. The van der Waals surface area contributed by atoms with Gasteiger partial charge in [0.2, 0.25) is 10.0 Å². The molecule has 0 radical (unpaired) electrons. The summed E-state index contributed by atoms with van der Waals surface area (Å²) in [6, 6.07) is 12.4. The molecule has 0 amide bonds. The quantitative estimate of drug-likeness (QED) is 0.369. The molecule has 1 fully saturated rings. The third-order valence-corrected chi connectivity index (χ3v) is 8.86.